The van der Waals surface area contributed by atoms with Crippen LogP contribution in [0.1, 0.15) is 50.3 Å². The molecule has 3 aromatic rings. The van der Waals surface area contributed by atoms with Gasteiger partial charge in [-0.05, 0) is 43.9 Å². The van der Waals surface area contributed by atoms with Crippen LogP contribution in [-0.4, -0.2) is 87.5 Å². The van der Waals surface area contributed by atoms with Gasteiger partial charge in [0.2, 0.25) is 4.80 Å². The summed E-state index contributed by atoms with van der Waals surface area (Å²) in [4.78, 5) is 49.4. The Kier molecular flexibility index (Phi) is 12.6. The lowest BCUT2D eigenvalue weighted by Gasteiger charge is -2.31. The quantitative estimate of drug-likeness (QED) is 0.201. The number of ether oxygens (including phenoxy) is 1. The second kappa shape index (κ2) is 16.2. The van der Waals surface area contributed by atoms with Crippen LogP contribution in [0, 0.1) is 23.6 Å². The van der Waals surface area contributed by atoms with E-state index in [4.69, 9.17) is 26.9 Å². The van der Waals surface area contributed by atoms with Crippen LogP contribution in [0.4, 0.5) is 21.5 Å². The molecule has 3 aliphatic heterocycles. The summed E-state index contributed by atoms with van der Waals surface area (Å²) in [5, 5.41) is 8.28. The Bertz CT molecular complexity index is 2170. The Labute approximate surface area is 310 Å². The molecule has 0 saturated heterocycles. The van der Waals surface area contributed by atoms with Gasteiger partial charge in [0, 0.05) is 49.4 Å². The molecule has 20 heteroatoms. The van der Waals surface area contributed by atoms with Crippen molar-refractivity contribution in [2.45, 2.75) is 59.2 Å². The van der Waals surface area contributed by atoms with Gasteiger partial charge in [0.1, 0.15) is 23.3 Å². The third-order valence-corrected chi connectivity index (χ3v) is 11.4. The van der Waals surface area contributed by atoms with E-state index in [1.165, 1.54) is 35.2 Å². The highest BCUT2D eigenvalue weighted by molar-refractivity contribution is 7.91. The van der Waals surface area contributed by atoms with Gasteiger partial charge in [-0.3, -0.25) is 28.6 Å². The summed E-state index contributed by atoms with van der Waals surface area (Å²) in [5.41, 5.74) is 6.49. The molecule has 4 heterocycles. The van der Waals surface area contributed by atoms with Gasteiger partial charge in [-0.2, -0.15) is 12.8 Å². The van der Waals surface area contributed by atoms with Crippen molar-refractivity contribution >= 4 is 64.0 Å². The molecule has 5 N–H and O–H groups in total. The van der Waals surface area contributed by atoms with Crippen molar-refractivity contribution in [1.82, 2.24) is 13.2 Å². The number of hydrogen-bond acceptors (Lipinski definition) is 11. The lowest BCUT2D eigenvalue weighted by atomic mass is 9.92. The number of carbonyl (C=O) groups is 3. The number of nitrogens with zero attached hydrogens (tertiary/aromatic N) is 5. The minimum Gasteiger partial charge on any atom is -0.481 e. The van der Waals surface area contributed by atoms with E-state index >= 15 is 0 Å². The predicted molar refractivity (Wildman–Crippen MR) is 197 cm³/mol. The summed E-state index contributed by atoms with van der Waals surface area (Å²) in [6.45, 7) is 9.55. The van der Waals surface area contributed by atoms with E-state index in [-0.39, 0.29) is 42.7 Å². The number of nitrogens with one attached hydrogen (secondary N) is 1. The first-order valence-electron chi connectivity index (χ1n) is 16.2. The van der Waals surface area contributed by atoms with E-state index in [1.54, 1.807) is 38.1 Å². The first-order chi connectivity index (χ1) is 24.6. The zero-order valence-corrected chi connectivity index (χ0v) is 32.2. The molecule has 16 nitrogen and oxygen atoms in total. The Balaban J connectivity index is 0.000000198. The number of carboxylic acid groups (broad SMARTS) is 1. The molecule has 0 bridgehead atoms. The number of carbonyl (C=O) groups excluding carboxylic acids is 2. The topological polar surface area (TPSA) is 227 Å². The van der Waals surface area contributed by atoms with Crippen molar-refractivity contribution in [3.8, 4) is 18.1 Å². The first kappa shape index (κ1) is 41.2. The van der Waals surface area contributed by atoms with Gasteiger partial charge in [-0.15, -0.1) is 6.42 Å². The van der Waals surface area contributed by atoms with Gasteiger partial charge in [0.15, 0.2) is 19.8 Å². The second-order valence-electron chi connectivity index (χ2n) is 13.5. The normalized spacial score (nSPS) is 18.4. The van der Waals surface area contributed by atoms with Gasteiger partial charge in [-0.25, -0.2) is 13.7 Å². The van der Waals surface area contributed by atoms with Crippen LogP contribution >= 0.6 is 18.9 Å². The zero-order valence-electron chi connectivity index (χ0n) is 29.6. The highest BCUT2D eigenvalue weighted by Gasteiger charge is 2.37. The van der Waals surface area contributed by atoms with E-state index in [1.807, 2.05) is 4.57 Å². The largest absolute Gasteiger partial charge is 0.481 e. The molecule has 2 amide bonds. The van der Waals surface area contributed by atoms with E-state index in [2.05, 4.69) is 33.9 Å². The molecule has 0 fully saturated rings. The first-order valence-corrected chi connectivity index (χ1v) is 20.7. The number of anilines is 2. The molecule has 0 spiro atoms. The van der Waals surface area contributed by atoms with Crippen LogP contribution in [0.5, 0.6) is 5.75 Å². The summed E-state index contributed by atoms with van der Waals surface area (Å²) < 4.78 is 63.8. The summed E-state index contributed by atoms with van der Waals surface area (Å²) in [7, 11) is -6.85. The van der Waals surface area contributed by atoms with Crippen LogP contribution in [0.3, 0.4) is 0 Å². The highest BCUT2D eigenvalue weighted by atomic mass is 32.2. The number of amides is 2. The lowest BCUT2D eigenvalue weighted by molar-refractivity contribution is -0.138. The fourth-order valence-corrected chi connectivity index (χ4v) is 8.38. The van der Waals surface area contributed by atoms with Gasteiger partial charge in [0.25, 0.3) is 11.8 Å². The number of aromatic nitrogens is 2. The summed E-state index contributed by atoms with van der Waals surface area (Å²) in [5.74, 6) is 1.30. The second-order valence-corrected chi connectivity index (χ2v) is 18.3. The summed E-state index contributed by atoms with van der Waals surface area (Å²) >= 11 is 1.24. The van der Waals surface area contributed by atoms with Crippen molar-refractivity contribution in [3.63, 3.8) is 0 Å². The molecule has 2 aromatic carbocycles. The number of carboxylic acids is 1. The number of rotatable bonds is 7. The SMILES string of the molecule is C#CCN1C(=O)COc2cc(F)c(/N=c3\snc4n3CC(C)(C)C4)cc21.CC(C)N1C(=O)c2ccccc2NS1(=O)=O.CP(=O)(O)CCC(N)C(=O)O. The monoisotopic (exact) mass is 793 g/mol. The Hall–Kier alpha value is -4.60. The maximum Gasteiger partial charge on any atom is 0.326 e. The Morgan fingerprint density at radius 1 is 1.28 bits per heavy atom. The molecule has 0 aliphatic carbocycles. The zero-order chi connectivity index (χ0) is 39.5. The van der Waals surface area contributed by atoms with Crippen molar-refractivity contribution in [2.24, 2.45) is 16.1 Å². The van der Waals surface area contributed by atoms with Gasteiger partial charge < -0.3 is 25.0 Å². The molecular weight excluding hydrogens is 753 g/mol. The highest BCUT2D eigenvalue weighted by Crippen LogP contribution is 2.38. The molecule has 1 aromatic heterocycles. The Morgan fingerprint density at radius 2 is 1.96 bits per heavy atom. The summed E-state index contributed by atoms with van der Waals surface area (Å²) in [6.07, 6.45) is 6.22. The van der Waals surface area contributed by atoms with Crippen molar-refractivity contribution in [3.05, 3.63) is 58.4 Å². The van der Waals surface area contributed by atoms with Crippen LogP contribution in [0.25, 0.3) is 0 Å². The third kappa shape index (κ3) is 10.1. The number of hydrogen-bond donors (Lipinski definition) is 4. The van der Waals surface area contributed by atoms with Crippen molar-refractivity contribution < 1.29 is 46.5 Å². The molecule has 286 valence electrons. The molecule has 2 unspecified atom stereocenters. The van der Waals surface area contributed by atoms with E-state index in [0.717, 1.165) is 23.1 Å². The van der Waals surface area contributed by atoms with Crippen LogP contribution in [0.2, 0.25) is 0 Å². The molecule has 53 heavy (non-hydrogen) atoms. The number of nitrogens with two attached hydrogens (primary N) is 1. The molecule has 6 rings (SSSR count). The number of aliphatic carboxylic acids is 1. The van der Waals surface area contributed by atoms with E-state index in [9.17, 15) is 31.8 Å². The molecule has 3 aliphatic rings. The standard InChI is InChI=1S/C18H17FN4O2S.C10H12N2O3S.C5H12NO4P/c1-4-5-22-13-7-12(11(19)6-14(13)25-9-16(22)24)20-17-23-10-18(2,3)8-15(23)21-26-17;1-7(2)12-10(13)8-5-3-4-6-9(8)11-16(12,14)15;1-11(9,10)3-2-4(6)5(7)8/h1,6-7H,5,8-10H2,2-3H3;3-7,11H,1-2H3;4H,2-3,6H2,1H3,(H,7,8)(H,9,10)/b20-17-;;. The number of halogens is 1. The lowest BCUT2D eigenvalue weighted by Crippen LogP contribution is -2.48. The van der Waals surface area contributed by atoms with E-state index < -0.39 is 47.4 Å². The molecule has 0 radical (unpaired) electrons. The third-order valence-electron chi connectivity index (χ3n) is 7.93. The van der Waals surface area contributed by atoms with Gasteiger partial charge in [-0.1, -0.05) is 31.9 Å². The maximum atomic E-state index is 14.5. The number of para-hydroxylation sites is 1. The average Bonchev–Trinajstić information content (AvgIpc) is 3.56. The fraction of sp³-hybridized carbons (Fsp3) is 0.424. The van der Waals surface area contributed by atoms with Gasteiger partial charge in [0.05, 0.1) is 23.5 Å². The molecule has 0 saturated carbocycles. The van der Waals surface area contributed by atoms with Crippen molar-refractivity contribution in [1.29, 1.82) is 0 Å². The number of fused-ring (bicyclic) bond motifs is 3. The van der Waals surface area contributed by atoms with Crippen LogP contribution < -0.4 is 24.9 Å². The smallest absolute Gasteiger partial charge is 0.326 e. The molecule has 2 atom stereocenters. The Morgan fingerprint density at radius 3 is 2.58 bits per heavy atom. The number of terminal acetylenes is 1. The fourth-order valence-electron chi connectivity index (χ4n) is 5.43. The van der Waals surface area contributed by atoms with Crippen LogP contribution in [-0.2, 0) is 37.3 Å². The predicted octanol–water partition coefficient (Wildman–Crippen LogP) is 3.15. The maximum absolute atomic E-state index is 14.5. The van der Waals surface area contributed by atoms with Gasteiger partial charge >= 0.3 is 16.2 Å². The van der Waals surface area contributed by atoms with Crippen LogP contribution in [0.15, 0.2) is 41.4 Å². The summed E-state index contributed by atoms with van der Waals surface area (Å²) in [6, 6.07) is 7.88. The van der Waals surface area contributed by atoms with E-state index in [0.29, 0.717) is 27.5 Å². The minimum atomic E-state index is -3.75. The van der Waals surface area contributed by atoms with Crippen molar-refractivity contribution in [2.75, 3.05) is 35.6 Å². The molecular formula is C33H41FN7O9PS2. The minimum absolute atomic E-state index is 0.0412. The average molecular weight is 794 g/mol. The number of benzene rings is 2.